The highest BCUT2D eigenvalue weighted by Crippen LogP contribution is 2.00. The molecule has 0 saturated carbocycles. The van der Waals surface area contributed by atoms with Gasteiger partial charge in [0.1, 0.15) is 0 Å². The van der Waals surface area contributed by atoms with Gasteiger partial charge in [-0.1, -0.05) is 0 Å². The highest BCUT2D eigenvalue weighted by molar-refractivity contribution is 7.89. The monoisotopic (exact) mass is 250 g/mol. The van der Waals surface area contributed by atoms with E-state index in [9.17, 15) is 8.42 Å². The van der Waals surface area contributed by atoms with E-state index in [1.54, 1.807) is 0 Å². The summed E-state index contributed by atoms with van der Waals surface area (Å²) >= 11 is 0. The molecule has 0 atom stereocenters. The molecule has 5 nitrogen and oxygen atoms in total. The summed E-state index contributed by atoms with van der Waals surface area (Å²) in [6, 6.07) is -0.0200. The van der Waals surface area contributed by atoms with Gasteiger partial charge in [0.25, 0.3) is 0 Å². The van der Waals surface area contributed by atoms with Gasteiger partial charge in [0.05, 0.1) is 19.0 Å². The number of rotatable bonds is 6. The van der Waals surface area contributed by atoms with Gasteiger partial charge in [-0.05, 0) is 26.8 Å². The number of nitrogens with zero attached hydrogens (tertiary/aromatic N) is 1. The van der Waals surface area contributed by atoms with Crippen LogP contribution < -0.4 is 4.72 Å². The minimum atomic E-state index is -3.09. The van der Waals surface area contributed by atoms with E-state index in [0.29, 0.717) is 6.42 Å². The maximum absolute atomic E-state index is 11.5. The maximum Gasteiger partial charge on any atom is 0.211 e. The first kappa shape index (κ1) is 13.9. The van der Waals surface area contributed by atoms with Crippen molar-refractivity contribution in [2.24, 2.45) is 0 Å². The van der Waals surface area contributed by atoms with Crippen LogP contribution in [0.3, 0.4) is 0 Å². The molecule has 0 radical (unpaired) electrons. The van der Waals surface area contributed by atoms with Crippen LogP contribution in [0.5, 0.6) is 0 Å². The molecule has 16 heavy (non-hydrogen) atoms. The van der Waals surface area contributed by atoms with Crippen LogP contribution in [0.4, 0.5) is 0 Å². The molecule has 0 aliphatic carbocycles. The van der Waals surface area contributed by atoms with Gasteiger partial charge in [-0.15, -0.1) is 0 Å². The average molecular weight is 250 g/mol. The van der Waals surface area contributed by atoms with E-state index in [1.165, 1.54) is 0 Å². The molecular formula is C10H22N2O3S. The minimum absolute atomic E-state index is 0.0200. The average Bonchev–Trinajstić information content (AvgIpc) is 2.16. The lowest BCUT2D eigenvalue weighted by Crippen LogP contribution is -2.38. The molecule has 1 saturated heterocycles. The largest absolute Gasteiger partial charge is 0.379 e. The molecule has 0 aromatic heterocycles. The van der Waals surface area contributed by atoms with Gasteiger partial charge in [-0.25, -0.2) is 13.1 Å². The third kappa shape index (κ3) is 5.79. The third-order valence-electron chi connectivity index (χ3n) is 2.41. The zero-order valence-electron chi connectivity index (χ0n) is 10.1. The Morgan fingerprint density at radius 3 is 2.50 bits per heavy atom. The van der Waals surface area contributed by atoms with Crippen molar-refractivity contribution in [3.05, 3.63) is 0 Å². The van der Waals surface area contributed by atoms with Crippen molar-refractivity contribution in [2.75, 3.05) is 38.6 Å². The number of sulfonamides is 1. The van der Waals surface area contributed by atoms with Crippen molar-refractivity contribution < 1.29 is 13.2 Å². The van der Waals surface area contributed by atoms with Gasteiger partial charge < -0.3 is 4.74 Å². The lowest BCUT2D eigenvalue weighted by molar-refractivity contribution is 0.0381. The predicted octanol–water partition coefficient (Wildman–Crippen LogP) is 0.0365. The molecule has 0 aromatic rings. The van der Waals surface area contributed by atoms with Gasteiger partial charge in [-0.2, -0.15) is 0 Å². The topological polar surface area (TPSA) is 58.6 Å². The summed E-state index contributed by atoms with van der Waals surface area (Å²) in [6.45, 7) is 7.85. The zero-order chi connectivity index (χ0) is 12.0. The summed E-state index contributed by atoms with van der Waals surface area (Å²) in [5, 5.41) is 0. The first-order valence-corrected chi connectivity index (χ1v) is 7.45. The summed E-state index contributed by atoms with van der Waals surface area (Å²) in [5.74, 6) is 0.211. The number of nitrogens with one attached hydrogen (secondary N) is 1. The van der Waals surface area contributed by atoms with Crippen molar-refractivity contribution in [2.45, 2.75) is 26.3 Å². The van der Waals surface area contributed by atoms with Gasteiger partial charge in [0.2, 0.25) is 10.0 Å². The van der Waals surface area contributed by atoms with Crippen molar-refractivity contribution in [3.8, 4) is 0 Å². The van der Waals surface area contributed by atoms with Crippen LogP contribution in [0.1, 0.15) is 20.3 Å². The summed E-state index contributed by atoms with van der Waals surface area (Å²) in [7, 11) is -3.09. The molecule has 0 bridgehead atoms. The van der Waals surface area contributed by atoms with E-state index in [-0.39, 0.29) is 11.8 Å². The fourth-order valence-corrected chi connectivity index (χ4v) is 3.07. The molecule has 0 spiro atoms. The Morgan fingerprint density at radius 2 is 1.94 bits per heavy atom. The highest BCUT2D eigenvalue weighted by Gasteiger charge is 2.14. The predicted molar refractivity (Wildman–Crippen MR) is 63.9 cm³/mol. The Hall–Kier alpha value is -0.170. The van der Waals surface area contributed by atoms with Crippen molar-refractivity contribution in [3.63, 3.8) is 0 Å². The van der Waals surface area contributed by atoms with Crippen LogP contribution in [-0.2, 0) is 14.8 Å². The fraction of sp³-hybridized carbons (Fsp3) is 1.00. The maximum atomic E-state index is 11.5. The summed E-state index contributed by atoms with van der Waals surface area (Å²) < 4.78 is 30.9. The standard InChI is InChI=1S/C10H22N2O3S/c1-10(2)11-16(13,14)9-3-4-12-5-7-15-8-6-12/h10-11H,3-9H2,1-2H3. The first-order valence-electron chi connectivity index (χ1n) is 5.80. The number of hydrogen-bond acceptors (Lipinski definition) is 4. The van der Waals surface area contributed by atoms with Crippen molar-refractivity contribution >= 4 is 10.0 Å². The molecule has 1 N–H and O–H groups in total. The van der Waals surface area contributed by atoms with Crippen molar-refractivity contribution in [1.29, 1.82) is 0 Å². The molecule has 0 unspecified atom stereocenters. The summed E-state index contributed by atoms with van der Waals surface area (Å²) in [6.07, 6.45) is 0.683. The Balaban J connectivity index is 2.18. The number of hydrogen-bond donors (Lipinski definition) is 1. The summed E-state index contributed by atoms with van der Waals surface area (Å²) in [4.78, 5) is 2.24. The van der Waals surface area contributed by atoms with Crippen LogP contribution in [-0.4, -0.2) is 58.0 Å². The smallest absolute Gasteiger partial charge is 0.211 e. The van der Waals surface area contributed by atoms with Gasteiger partial charge in [-0.3, -0.25) is 4.90 Å². The SMILES string of the molecule is CC(C)NS(=O)(=O)CCCN1CCOCC1. The Morgan fingerprint density at radius 1 is 1.31 bits per heavy atom. The van der Waals surface area contributed by atoms with E-state index in [1.807, 2.05) is 13.8 Å². The van der Waals surface area contributed by atoms with Gasteiger partial charge in [0.15, 0.2) is 0 Å². The van der Waals surface area contributed by atoms with E-state index in [0.717, 1.165) is 32.8 Å². The molecular weight excluding hydrogens is 228 g/mol. The van der Waals surface area contributed by atoms with E-state index < -0.39 is 10.0 Å². The van der Waals surface area contributed by atoms with Crippen LogP contribution in [0.15, 0.2) is 0 Å². The molecule has 1 aliphatic rings. The second kappa shape index (κ2) is 6.54. The minimum Gasteiger partial charge on any atom is -0.379 e. The highest BCUT2D eigenvalue weighted by atomic mass is 32.2. The summed E-state index contributed by atoms with van der Waals surface area (Å²) in [5.41, 5.74) is 0. The number of morpholine rings is 1. The molecule has 0 amide bonds. The number of ether oxygens (including phenoxy) is 1. The van der Waals surface area contributed by atoms with Crippen LogP contribution in [0.25, 0.3) is 0 Å². The lowest BCUT2D eigenvalue weighted by atomic mass is 10.4. The van der Waals surface area contributed by atoms with Crippen LogP contribution >= 0.6 is 0 Å². The van der Waals surface area contributed by atoms with E-state index >= 15 is 0 Å². The van der Waals surface area contributed by atoms with E-state index in [2.05, 4.69) is 9.62 Å². The molecule has 0 aromatic carbocycles. The van der Waals surface area contributed by atoms with Crippen LogP contribution in [0.2, 0.25) is 0 Å². The molecule has 1 fully saturated rings. The molecule has 1 heterocycles. The normalized spacial score (nSPS) is 19.2. The fourth-order valence-electron chi connectivity index (χ4n) is 1.72. The molecule has 1 aliphatic heterocycles. The zero-order valence-corrected chi connectivity index (χ0v) is 10.9. The Bertz CT molecular complexity index is 284. The first-order chi connectivity index (χ1) is 7.49. The molecule has 1 rings (SSSR count). The molecule has 6 heteroatoms. The second-order valence-corrected chi connectivity index (χ2v) is 6.27. The second-order valence-electron chi connectivity index (χ2n) is 4.40. The lowest BCUT2D eigenvalue weighted by Gasteiger charge is -2.26. The quantitative estimate of drug-likeness (QED) is 0.723. The van der Waals surface area contributed by atoms with Gasteiger partial charge in [0, 0.05) is 19.1 Å². The van der Waals surface area contributed by atoms with Crippen LogP contribution in [0, 0.1) is 0 Å². The molecule has 96 valence electrons. The Kier molecular flexibility index (Phi) is 5.68. The van der Waals surface area contributed by atoms with Gasteiger partial charge >= 0.3 is 0 Å². The Labute approximate surface area is 98.2 Å². The van der Waals surface area contributed by atoms with Crippen molar-refractivity contribution in [1.82, 2.24) is 9.62 Å². The van der Waals surface area contributed by atoms with E-state index in [4.69, 9.17) is 4.74 Å². The third-order valence-corrected chi connectivity index (χ3v) is 4.06.